The van der Waals surface area contributed by atoms with E-state index in [9.17, 15) is 23.1 Å². The number of aromatic amines is 1. The summed E-state index contributed by atoms with van der Waals surface area (Å²) in [5, 5.41) is 13.1. The van der Waals surface area contributed by atoms with Gasteiger partial charge in [0.1, 0.15) is 17.4 Å². The van der Waals surface area contributed by atoms with Crippen LogP contribution in [-0.2, 0) is 27.7 Å². The summed E-state index contributed by atoms with van der Waals surface area (Å²) in [4.78, 5) is 32.1. The molecule has 2 aromatic carbocycles. The Balaban J connectivity index is 1.39. The summed E-state index contributed by atoms with van der Waals surface area (Å²) in [6.07, 6.45) is 2.28. The first-order valence-electron chi connectivity index (χ1n) is 12.2. The molecule has 2 aromatic heterocycles. The lowest BCUT2D eigenvalue weighted by atomic mass is 10.0. The molecule has 2 heterocycles. The number of imidazole rings is 1. The zero-order chi connectivity index (χ0) is 26.4. The molecule has 4 rings (SSSR count). The van der Waals surface area contributed by atoms with Gasteiger partial charge in [-0.1, -0.05) is 31.5 Å². The van der Waals surface area contributed by atoms with Crippen molar-refractivity contribution in [1.29, 1.82) is 0 Å². The van der Waals surface area contributed by atoms with Crippen LogP contribution in [0.2, 0.25) is 0 Å². The van der Waals surface area contributed by atoms with E-state index in [1.54, 1.807) is 18.2 Å². The number of H-pyrrole nitrogens is 1. The monoisotopic (exact) mass is 526 g/mol. The number of fused-ring (bicyclic) bond motifs is 2. The number of hydrogen-bond acceptors (Lipinski definition) is 7. The van der Waals surface area contributed by atoms with Gasteiger partial charge >= 0.3 is 5.97 Å². The molecule has 4 aromatic rings. The average molecular weight is 527 g/mol. The van der Waals surface area contributed by atoms with Crippen molar-refractivity contribution in [3.63, 3.8) is 0 Å². The second-order valence-electron chi connectivity index (χ2n) is 8.93. The van der Waals surface area contributed by atoms with E-state index in [0.717, 1.165) is 11.0 Å². The molecule has 0 amide bonds. The first-order chi connectivity index (χ1) is 17.7. The fourth-order valence-electron chi connectivity index (χ4n) is 4.03. The summed E-state index contributed by atoms with van der Waals surface area (Å²) < 4.78 is 32.5. The van der Waals surface area contributed by atoms with Crippen LogP contribution in [0.3, 0.4) is 0 Å². The maximum atomic E-state index is 12.8. The molecule has 4 N–H and O–H groups in total. The summed E-state index contributed by atoms with van der Waals surface area (Å²) in [5.74, 6) is -0.186. The summed E-state index contributed by atoms with van der Waals surface area (Å²) in [6, 6.07) is 12.7. The van der Waals surface area contributed by atoms with Crippen LogP contribution in [0.15, 0.2) is 57.7 Å². The molecular formula is C26H30N4O6S. The molecule has 0 saturated heterocycles. The van der Waals surface area contributed by atoms with Gasteiger partial charge in [0.25, 0.3) is 0 Å². The number of aliphatic carboxylic acids is 1. The van der Waals surface area contributed by atoms with Crippen molar-refractivity contribution in [3.05, 3.63) is 70.1 Å². The first-order valence-corrected chi connectivity index (χ1v) is 13.9. The van der Waals surface area contributed by atoms with Crippen LogP contribution >= 0.6 is 0 Å². The molecular weight excluding hydrogens is 496 g/mol. The smallest absolute Gasteiger partial charge is 0.322 e. The Bertz CT molecular complexity index is 1530. The molecule has 0 spiro atoms. The average Bonchev–Trinajstić information content (AvgIpc) is 3.28. The lowest BCUT2D eigenvalue weighted by Gasteiger charge is -2.15. The minimum Gasteiger partial charge on any atom is -0.480 e. The van der Waals surface area contributed by atoms with Gasteiger partial charge in [0.15, 0.2) is 5.43 Å². The number of para-hydroxylation sites is 2. The molecule has 11 heteroatoms. The van der Waals surface area contributed by atoms with Gasteiger partial charge < -0.3 is 19.8 Å². The number of benzene rings is 2. The predicted molar refractivity (Wildman–Crippen MR) is 142 cm³/mol. The van der Waals surface area contributed by atoms with Gasteiger partial charge in [0.2, 0.25) is 16.0 Å². The molecule has 0 aliphatic heterocycles. The Labute approximate surface area is 214 Å². The van der Waals surface area contributed by atoms with E-state index >= 15 is 0 Å². The van der Waals surface area contributed by atoms with Gasteiger partial charge in [-0.25, -0.2) is 18.1 Å². The Morgan fingerprint density at radius 3 is 2.73 bits per heavy atom. The molecule has 0 bridgehead atoms. The van der Waals surface area contributed by atoms with Crippen molar-refractivity contribution in [2.24, 2.45) is 0 Å². The lowest BCUT2D eigenvalue weighted by molar-refractivity contribution is -0.138. The van der Waals surface area contributed by atoms with Gasteiger partial charge in [-0.3, -0.25) is 9.59 Å². The van der Waals surface area contributed by atoms with Crippen molar-refractivity contribution in [2.45, 2.75) is 45.1 Å². The van der Waals surface area contributed by atoms with Crippen LogP contribution in [0.1, 0.15) is 37.5 Å². The highest BCUT2D eigenvalue weighted by Gasteiger charge is 2.24. The van der Waals surface area contributed by atoms with Crippen molar-refractivity contribution >= 4 is 43.9 Å². The van der Waals surface area contributed by atoms with E-state index < -0.39 is 22.0 Å². The number of unbranched alkanes of at least 4 members (excludes halogenated alkanes) is 1. The first kappa shape index (κ1) is 26.4. The highest BCUT2D eigenvalue weighted by molar-refractivity contribution is 7.89. The number of sulfonamides is 1. The van der Waals surface area contributed by atoms with Gasteiger partial charge in [-0.05, 0) is 49.1 Å². The van der Waals surface area contributed by atoms with E-state index in [4.69, 9.17) is 4.42 Å². The molecule has 37 heavy (non-hydrogen) atoms. The van der Waals surface area contributed by atoms with Crippen LogP contribution in [0, 0.1) is 0 Å². The molecule has 196 valence electrons. The Morgan fingerprint density at radius 2 is 1.97 bits per heavy atom. The summed E-state index contributed by atoms with van der Waals surface area (Å²) in [6.45, 7) is 2.49. The maximum absolute atomic E-state index is 12.8. The van der Waals surface area contributed by atoms with E-state index in [1.807, 2.05) is 31.2 Å². The van der Waals surface area contributed by atoms with Crippen LogP contribution in [0.25, 0.3) is 22.0 Å². The van der Waals surface area contributed by atoms with E-state index in [1.165, 1.54) is 6.07 Å². The van der Waals surface area contributed by atoms with Crippen molar-refractivity contribution in [2.75, 3.05) is 17.6 Å². The molecule has 0 radical (unpaired) electrons. The van der Waals surface area contributed by atoms with Gasteiger partial charge in [0, 0.05) is 19.0 Å². The summed E-state index contributed by atoms with van der Waals surface area (Å²) in [7, 11) is -3.72. The number of nitrogens with zero attached hydrogens (tertiary/aromatic N) is 1. The second-order valence-corrected chi connectivity index (χ2v) is 10.8. The number of rotatable bonds is 13. The Kier molecular flexibility index (Phi) is 8.24. The van der Waals surface area contributed by atoms with Crippen molar-refractivity contribution in [3.8, 4) is 0 Å². The third-order valence-corrected chi connectivity index (χ3v) is 7.42. The SMILES string of the molecule is CCCCS(=O)(=O)N[C@@H](Cc1ccc2oc(CCCNc3nc4ccccc4[nH]3)cc(=O)c2c1)C(=O)O. The molecule has 0 saturated carbocycles. The summed E-state index contributed by atoms with van der Waals surface area (Å²) in [5.41, 5.74) is 2.51. The number of anilines is 1. The third kappa shape index (κ3) is 6.95. The number of nitrogens with one attached hydrogen (secondary N) is 3. The number of hydrogen-bond donors (Lipinski definition) is 4. The highest BCUT2D eigenvalue weighted by atomic mass is 32.2. The van der Waals surface area contributed by atoms with Crippen LogP contribution in [0.4, 0.5) is 5.95 Å². The Hall–Kier alpha value is -3.70. The summed E-state index contributed by atoms with van der Waals surface area (Å²) >= 11 is 0. The molecule has 0 aliphatic carbocycles. The number of carboxylic acid groups (broad SMARTS) is 1. The number of aryl methyl sites for hydroxylation is 1. The molecule has 0 unspecified atom stereocenters. The van der Waals surface area contributed by atoms with Crippen molar-refractivity contribution in [1.82, 2.24) is 14.7 Å². The zero-order valence-corrected chi connectivity index (χ0v) is 21.3. The van der Waals surface area contributed by atoms with E-state index in [0.29, 0.717) is 60.5 Å². The van der Waals surface area contributed by atoms with Crippen LogP contribution < -0.4 is 15.5 Å². The topological polar surface area (TPSA) is 154 Å². The number of carbonyl (C=O) groups is 1. The largest absolute Gasteiger partial charge is 0.480 e. The van der Waals surface area contributed by atoms with E-state index in [2.05, 4.69) is 20.0 Å². The Morgan fingerprint density at radius 1 is 1.16 bits per heavy atom. The van der Waals surface area contributed by atoms with Crippen molar-refractivity contribution < 1.29 is 22.7 Å². The molecule has 10 nitrogen and oxygen atoms in total. The normalized spacial score (nSPS) is 12.7. The minimum atomic E-state index is -3.72. The zero-order valence-electron chi connectivity index (χ0n) is 20.5. The standard InChI is InChI=1S/C26H30N4O6S/c1-2-3-13-37(34,35)30-22(25(32)33)15-17-10-11-24-19(14-17)23(31)16-18(36-24)7-6-12-27-26-28-20-8-4-5-9-21(20)29-26/h4-5,8-11,14,16,22,30H,2-3,6-7,12-13,15H2,1H3,(H,32,33)(H2,27,28,29)/t22-/m0/s1. The van der Waals surface area contributed by atoms with Gasteiger partial charge in [-0.2, -0.15) is 0 Å². The predicted octanol–water partition coefficient (Wildman–Crippen LogP) is 3.43. The number of carboxylic acids is 1. The molecule has 0 fully saturated rings. The maximum Gasteiger partial charge on any atom is 0.322 e. The third-order valence-electron chi connectivity index (χ3n) is 5.95. The fourth-order valence-corrected chi connectivity index (χ4v) is 5.44. The van der Waals surface area contributed by atoms with Gasteiger partial charge in [0.05, 0.1) is 22.2 Å². The number of aromatic nitrogens is 2. The van der Waals surface area contributed by atoms with Crippen LogP contribution in [0.5, 0.6) is 0 Å². The fraction of sp³-hybridized carbons (Fsp3) is 0.346. The minimum absolute atomic E-state index is 0.0920. The van der Waals surface area contributed by atoms with Gasteiger partial charge in [-0.15, -0.1) is 0 Å². The van der Waals surface area contributed by atoms with Crippen LogP contribution in [-0.4, -0.2) is 47.8 Å². The quantitative estimate of drug-likeness (QED) is 0.193. The molecule has 0 aliphatic rings. The molecule has 1 atom stereocenters. The van der Waals surface area contributed by atoms with E-state index in [-0.39, 0.29) is 17.6 Å². The second kappa shape index (κ2) is 11.6. The highest BCUT2D eigenvalue weighted by Crippen LogP contribution is 2.18. The lowest BCUT2D eigenvalue weighted by Crippen LogP contribution is -2.43.